The zero-order chi connectivity index (χ0) is 14.8. The number of piperidine rings is 1. The number of amides is 1. The molecule has 1 aliphatic heterocycles. The van der Waals surface area contributed by atoms with Crippen LogP contribution in [0.2, 0.25) is 0 Å². The van der Waals surface area contributed by atoms with Gasteiger partial charge in [0.2, 0.25) is 0 Å². The molecular weight excluding hydrogens is 262 g/mol. The molecule has 1 aromatic rings. The smallest absolute Gasteiger partial charge is 0.251 e. The lowest BCUT2D eigenvalue weighted by atomic mass is 9.75. The summed E-state index contributed by atoms with van der Waals surface area (Å²) in [6.45, 7) is 2.21. The average molecular weight is 287 g/mol. The number of benzene rings is 1. The average Bonchev–Trinajstić information content (AvgIpc) is 2.53. The molecule has 4 nitrogen and oxygen atoms in total. The van der Waals surface area contributed by atoms with Gasteiger partial charge in [-0.25, -0.2) is 0 Å². The molecule has 1 aromatic carbocycles. The van der Waals surface area contributed by atoms with E-state index in [-0.39, 0.29) is 5.91 Å². The Balaban J connectivity index is 1.76. The molecule has 1 saturated heterocycles. The number of nitrogens with two attached hydrogens (primary N) is 1. The molecular formula is C17H25N3O. The minimum absolute atomic E-state index is 0.0840. The van der Waals surface area contributed by atoms with E-state index in [2.05, 4.69) is 10.2 Å². The van der Waals surface area contributed by atoms with Gasteiger partial charge in [-0.3, -0.25) is 4.79 Å². The number of nitrogens with one attached hydrogen (secondary N) is 1. The van der Waals surface area contributed by atoms with Crippen molar-refractivity contribution in [2.45, 2.75) is 32.1 Å². The summed E-state index contributed by atoms with van der Waals surface area (Å²) in [5.41, 5.74) is 8.62. The normalized spacial score (nSPS) is 25.3. The molecule has 3 N–H and O–H groups in total. The quantitative estimate of drug-likeness (QED) is 0.822. The highest BCUT2D eigenvalue weighted by Crippen LogP contribution is 2.38. The number of hydrogen-bond donors (Lipinski definition) is 2. The molecule has 4 heteroatoms. The third-order valence-electron chi connectivity index (χ3n) is 5.15. The maximum absolute atomic E-state index is 11.7. The third-order valence-corrected chi connectivity index (χ3v) is 5.15. The molecule has 1 saturated carbocycles. The van der Waals surface area contributed by atoms with Gasteiger partial charge in [-0.1, -0.05) is 19.3 Å². The first kappa shape index (κ1) is 14.2. The summed E-state index contributed by atoms with van der Waals surface area (Å²) in [7, 11) is 1.64. The van der Waals surface area contributed by atoms with Crippen molar-refractivity contribution in [2.24, 2.45) is 11.8 Å². The van der Waals surface area contributed by atoms with Crippen molar-refractivity contribution in [3.8, 4) is 0 Å². The van der Waals surface area contributed by atoms with E-state index in [1.165, 1.54) is 32.1 Å². The first-order chi connectivity index (χ1) is 10.2. The van der Waals surface area contributed by atoms with Gasteiger partial charge in [0.1, 0.15) is 0 Å². The lowest BCUT2D eigenvalue weighted by Crippen LogP contribution is -2.42. The van der Waals surface area contributed by atoms with Crippen LogP contribution < -0.4 is 16.0 Å². The summed E-state index contributed by atoms with van der Waals surface area (Å²) < 4.78 is 0. The Morgan fingerprint density at radius 1 is 1.24 bits per heavy atom. The number of hydrogen-bond acceptors (Lipinski definition) is 3. The Morgan fingerprint density at radius 3 is 2.71 bits per heavy atom. The van der Waals surface area contributed by atoms with Crippen LogP contribution in [0.3, 0.4) is 0 Å². The van der Waals surface area contributed by atoms with Gasteiger partial charge in [-0.2, -0.15) is 0 Å². The van der Waals surface area contributed by atoms with Crippen LogP contribution in [0.25, 0.3) is 0 Å². The van der Waals surface area contributed by atoms with E-state index < -0.39 is 0 Å². The molecule has 0 bridgehead atoms. The molecule has 114 valence electrons. The van der Waals surface area contributed by atoms with Gasteiger partial charge in [0.05, 0.1) is 11.4 Å². The molecule has 2 atom stereocenters. The second-order valence-electron chi connectivity index (χ2n) is 6.39. The lowest BCUT2D eigenvalue weighted by molar-refractivity contribution is 0.0963. The zero-order valence-corrected chi connectivity index (χ0v) is 12.8. The summed E-state index contributed by atoms with van der Waals surface area (Å²) in [6, 6.07) is 5.67. The maximum atomic E-state index is 11.7. The Bertz CT molecular complexity index is 529. The monoisotopic (exact) mass is 287 g/mol. The van der Waals surface area contributed by atoms with Crippen molar-refractivity contribution >= 4 is 17.3 Å². The van der Waals surface area contributed by atoms with Crippen LogP contribution in [-0.4, -0.2) is 26.0 Å². The highest BCUT2D eigenvalue weighted by molar-refractivity contribution is 5.96. The molecule has 1 aliphatic carbocycles. The standard InChI is InChI=1S/C17H25N3O/c1-19-17(21)13-6-7-16(15(18)10-13)20-9-8-12-4-2-3-5-14(12)11-20/h6-7,10,12,14H,2-5,8-9,11,18H2,1H3,(H,19,21). The Morgan fingerprint density at radius 2 is 2.00 bits per heavy atom. The van der Waals surface area contributed by atoms with Crippen molar-refractivity contribution in [3.63, 3.8) is 0 Å². The fourth-order valence-corrected chi connectivity index (χ4v) is 3.95. The van der Waals surface area contributed by atoms with Gasteiger partial charge in [0.15, 0.2) is 0 Å². The summed E-state index contributed by atoms with van der Waals surface area (Å²) in [4.78, 5) is 14.1. The van der Waals surface area contributed by atoms with Crippen LogP contribution in [0.5, 0.6) is 0 Å². The molecule has 0 radical (unpaired) electrons. The summed E-state index contributed by atoms with van der Waals surface area (Å²) in [5, 5.41) is 2.64. The minimum atomic E-state index is -0.0840. The number of rotatable bonds is 2. The van der Waals surface area contributed by atoms with E-state index >= 15 is 0 Å². The predicted octanol–water partition coefficient (Wildman–Crippen LogP) is 2.64. The second-order valence-corrected chi connectivity index (χ2v) is 6.39. The van der Waals surface area contributed by atoms with Gasteiger partial charge in [-0.05, 0) is 42.9 Å². The number of nitrogens with zero attached hydrogens (tertiary/aromatic N) is 1. The maximum Gasteiger partial charge on any atom is 0.251 e. The van der Waals surface area contributed by atoms with Crippen LogP contribution in [-0.2, 0) is 0 Å². The largest absolute Gasteiger partial charge is 0.397 e. The van der Waals surface area contributed by atoms with Gasteiger partial charge in [-0.15, -0.1) is 0 Å². The Kier molecular flexibility index (Phi) is 4.04. The van der Waals surface area contributed by atoms with E-state index in [0.29, 0.717) is 11.3 Å². The van der Waals surface area contributed by atoms with Crippen molar-refractivity contribution in [1.82, 2.24) is 5.32 Å². The van der Waals surface area contributed by atoms with Gasteiger partial charge >= 0.3 is 0 Å². The van der Waals surface area contributed by atoms with E-state index in [4.69, 9.17) is 5.73 Å². The van der Waals surface area contributed by atoms with Gasteiger partial charge in [0.25, 0.3) is 5.91 Å². The second kappa shape index (κ2) is 5.96. The van der Waals surface area contributed by atoms with Gasteiger partial charge in [0, 0.05) is 25.7 Å². The van der Waals surface area contributed by atoms with Crippen LogP contribution in [0.15, 0.2) is 18.2 Å². The number of anilines is 2. The molecule has 3 rings (SSSR count). The highest BCUT2D eigenvalue weighted by atomic mass is 16.1. The number of nitrogen functional groups attached to an aromatic ring is 1. The number of fused-ring (bicyclic) bond motifs is 1. The van der Waals surface area contributed by atoms with Crippen LogP contribution in [0.4, 0.5) is 11.4 Å². The molecule has 1 amide bonds. The van der Waals surface area contributed by atoms with Crippen molar-refractivity contribution in [3.05, 3.63) is 23.8 Å². The number of carbonyl (C=O) groups is 1. The Labute approximate surface area is 126 Å². The zero-order valence-electron chi connectivity index (χ0n) is 12.8. The number of carbonyl (C=O) groups excluding carboxylic acids is 1. The van der Waals surface area contributed by atoms with Crippen molar-refractivity contribution in [2.75, 3.05) is 30.8 Å². The molecule has 2 aliphatic rings. The molecule has 0 aromatic heterocycles. The highest BCUT2D eigenvalue weighted by Gasteiger charge is 2.31. The van der Waals surface area contributed by atoms with E-state index in [1.807, 2.05) is 12.1 Å². The lowest BCUT2D eigenvalue weighted by Gasteiger charge is -2.42. The van der Waals surface area contributed by atoms with E-state index in [9.17, 15) is 4.79 Å². The van der Waals surface area contributed by atoms with E-state index in [0.717, 1.165) is 30.6 Å². The van der Waals surface area contributed by atoms with Crippen LogP contribution in [0, 0.1) is 11.8 Å². The first-order valence-corrected chi connectivity index (χ1v) is 8.05. The molecule has 1 heterocycles. The minimum Gasteiger partial charge on any atom is -0.397 e. The SMILES string of the molecule is CNC(=O)c1ccc(N2CCC3CCCCC3C2)c(N)c1. The summed E-state index contributed by atoms with van der Waals surface area (Å²) in [5.74, 6) is 1.66. The first-order valence-electron chi connectivity index (χ1n) is 8.05. The van der Waals surface area contributed by atoms with Crippen LogP contribution >= 0.6 is 0 Å². The fourth-order valence-electron chi connectivity index (χ4n) is 3.95. The summed E-state index contributed by atoms with van der Waals surface area (Å²) in [6.07, 6.45) is 6.83. The van der Waals surface area contributed by atoms with Crippen LogP contribution in [0.1, 0.15) is 42.5 Å². The molecule has 0 spiro atoms. The van der Waals surface area contributed by atoms with E-state index in [1.54, 1.807) is 13.1 Å². The van der Waals surface area contributed by atoms with Crippen molar-refractivity contribution < 1.29 is 4.79 Å². The topological polar surface area (TPSA) is 58.4 Å². The summed E-state index contributed by atoms with van der Waals surface area (Å²) >= 11 is 0. The van der Waals surface area contributed by atoms with Gasteiger partial charge < -0.3 is 16.0 Å². The van der Waals surface area contributed by atoms with Crippen molar-refractivity contribution in [1.29, 1.82) is 0 Å². The molecule has 2 fully saturated rings. The Hall–Kier alpha value is -1.71. The third kappa shape index (κ3) is 2.85. The molecule has 21 heavy (non-hydrogen) atoms. The predicted molar refractivity (Wildman–Crippen MR) is 86.5 cm³/mol. The fraction of sp³-hybridized carbons (Fsp3) is 0.588. The molecule has 2 unspecified atom stereocenters.